The van der Waals surface area contributed by atoms with E-state index in [2.05, 4.69) is 25.5 Å². The van der Waals surface area contributed by atoms with Gasteiger partial charge in [0.2, 0.25) is 0 Å². The van der Waals surface area contributed by atoms with E-state index in [1.165, 1.54) is 35.2 Å². The first-order chi connectivity index (χ1) is 7.67. The van der Waals surface area contributed by atoms with E-state index in [0.29, 0.717) is 0 Å². The van der Waals surface area contributed by atoms with Crippen LogP contribution in [-0.4, -0.2) is 21.9 Å². The van der Waals surface area contributed by atoms with Crippen LogP contribution in [0.5, 0.6) is 0 Å². The second kappa shape index (κ2) is 8.11. The third kappa shape index (κ3) is 5.06. The van der Waals surface area contributed by atoms with Gasteiger partial charge in [-0.25, -0.2) is 0 Å². The Balaban J connectivity index is 2.24. The van der Waals surface area contributed by atoms with Gasteiger partial charge in [-0.2, -0.15) is 0 Å². The Morgan fingerprint density at radius 1 is 1.38 bits per heavy atom. The first-order valence-electron chi connectivity index (χ1n) is 6.03. The van der Waals surface area contributed by atoms with Gasteiger partial charge in [-0.3, -0.25) is 0 Å². The molecule has 0 radical (unpaired) electrons. The number of methoxy groups -OCH3 is 1. The van der Waals surface area contributed by atoms with Gasteiger partial charge < -0.3 is 0 Å². The molecule has 1 aliphatic rings. The summed E-state index contributed by atoms with van der Waals surface area (Å²) >= 11 is 2.10. The Morgan fingerprint density at radius 3 is 2.50 bits per heavy atom. The van der Waals surface area contributed by atoms with Crippen molar-refractivity contribution in [1.82, 2.24) is 0 Å². The molecule has 1 rings (SSSR count). The van der Waals surface area contributed by atoms with Crippen LogP contribution in [0.25, 0.3) is 0 Å². The number of halogens is 2. The van der Waals surface area contributed by atoms with Crippen LogP contribution >= 0.6 is 34.5 Å². The van der Waals surface area contributed by atoms with Gasteiger partial charge >= 0.3 is 117 Å². The Hall–Kier alpha value is 0.930. The fraction of sp³-hybridized carbons (Fsp3) is 0.917. The SMILES string of the molecule is CCCI(I)CC1CCC(C(=O)OC)CC1. The normalized spacial score (nSPS) is 26.3. The summed E-state index contributed by atoms with van der Waals surface area (Å²) in [7, 11) is 1.50. The van der Waals surface area contributed by atoms with E-state index in [4.69, 9.17) is 4.74 Å². The summed E-state index contributed by atoms with van der Waals surface area (Å²) in [6, 6.07) is 0. The molecule has 16 heavy (non-hydrogen) atoms. The van der Waals surface area contributed by atoms with Gasteiger partial charge in [0, 0.05) is 0 Å². The quantitative estimate of drug-likeness (QED) is 0.355. The number of carbonyl (C=O) groups is 1. The number of esters is 1. The fourth-order valence-electron chi connectivity index (χ4n) is 2.24. The predicted molar refractivity (Wildman–Crippen MR) is 85.5 cm³/mol. The molecule has 0 aromatic rings. The van der Waals surface area contributed by atoms with Crippen molar-refractivity contribution in [3.05, 3.63) is 0 Å². The molecule has 0 spiro atoms. The fourth-order valence-corrected chi connectivity index (χ4v) is 12.0. The molecule has 0 unspecified atom stereocenters. The van der Waals surface area contributed by atoms with Gasteiger partial charge in [0.05, 0.1) is 0 Å². The number of alkyl halides is 2. The van der Waals surface area contributed by atoms with Crippen LogP contribution in [0, 0.1) is 11.8 Å². The van der Waals surface area contributed by atoms with E-state index in [0.717, 1.165) is 18.8 Å². The summed E-state index contributed by atoms with van der Waals surface area (Å²) < 4.78 is 7.79. The van der Waals surface area contributed by atoms with E-state index in [1.54, 1.807) is 0 Å². The molecule has 0 aromatic carbocycles. The zero-order valence-electron chi connectivity index (χ0n) is 10.2. The third-order valence-electron chi connectivity index (χ3n) is 3.16. The van der Waals surface area contributed by atoms with E-state index >= 15 is 0 Å². The molecule has 0 aliphatic heterocycles. The molecule has 2 nitrogen and oxygen atoms in total. The van der Waals surface area contributed by atoms with Gasteiger partial charge in [0.15, 0.2) is 0 Å². The first kappa shape index (κ1) is 15.0. The molecule has 1 saturated carbocycles. The summed E-state index contributed by atoms with van der Waals surface area (Å²) in [5, 5.41) is 0. The number of hydrogen-bond donors (Lipinski definition) is 0. The van der Waals surface area contributed by atoms with Crippen LogP contribution in [0.2, 0.25) is 0 Å². The topological polar surface area (TPSA) is 26.3 Å². The molecule has 0 bridgehead atoms. The van der Waals surface area contributed by atoms with Crippen LogP contribution in [0.4, 0.5) is 0 Å². The van der Waals surface area contributed by atoms with Crippen molar-refractivity contribution in [1.29, 1.82) is 0 Å². The molecule has 0 atom stereocenters. The van der Waals surface area contributed by atoms with Gasteiger partial charge in [0.25, 0.3) is 0 Å². The monoisotopic (exact) mass is 452 g/mol. The van der Waals surface area contributed by atoms with Crippen molar-refractivity contribution in [2.24, 2.45) is 11.8 Å². The molecular weight excluding hydrogens is 430 g/mol. The first-order valence-corrected chi connectivity index (χ1v) is 15.4. The van der Waals surface area contributed by atoms with Gasteiger partial charge in [-0.05, 0) is 0 Å². The number of hydrogen-bond acceptors (Lipinski definition) is 2. The third-order valence-corrected chi connectivity index (χ3v) is 12.6. The minimum atomic E-state index is -0.640. The molecule has 0 amide bonds. The van der Waals surface area contributed by atoms with Gasteiger partial charge in [-0.15, -0.1) is 0 Å². The summed E-state index contributed by atoms with van der Waals surface area (Å²) in [6.07, 6.45) is 5.97. The molecule has 0 saturated heterocycles. The summed E-state index contributed by atoms with van der Waals surface area (Å²) in [5.74, 6) is 1.12. The van der Waals surface area contributed by atoms with Crippen LogP contribution in [0.1, 0.15) is 39.0 Å². The van der Waals surface area contributed by atoms with E-state index in [1.807, 2.05) is 0 Å². The van der Waals surface area contributed by atoms with Crippen LogP contribution in [-0.2, 0) is 9.53 Å². The van der Waals surface area contributed by atoms with E-state index < -0.39 is 15.8 Å². The van der Waals surface area contributed by atoms with Crippen molar-refractivity contribution in [3.8, 4) is 0 Å². The molecular formula is C12H22I2O2. The average molecular weight is 452 g/mol. The molecule has 96 valence electrons. The summed E-state index contributed by atoms with van der Waals surface area (Å²) in [5.41, 5.74) is 0. The second-order valence-electron chi connectivity index (χ2n) is 4.48. The van der Waals surface area contributed by atoms with Crippen molar-refractivity contribution in [2.45, 2.75) is 39.0 Å². The minimum absolute atomic E-state index is 0.0110. The zero-order valence-corrected chi connectivity index (χ0v) is 14.5. The van der Waals surface area contributed by atoms with Crippen LogP contribution in [0.3, 0.4) is 0 Å². The van der Waals surface area contributed by atoms with Gasteiger partial charge in [0.1, 0.15) is 0 Å². The van der Waals surface area contributed by atoms with Gasteiger partial charge in [-0.1, -0.05) is 0 Å². The van der Waals surface area contributed by atoms with E-state index in [-0.39, 0.29) is 11.9 Å². The standard InChI is InChI=1S/C12H22I2O2/c1-3-8-14(13)9-10-4-6-11(7-5-10)12(15)16-2/h10-11H,3-9H2,1-2H3. The molecule has 0 heterocycles. The average Bonchev–Trinajstić information content (AvgIpc) is 2.29. The maximum atomic E-state index is 11.4. The maximum absolute atomic E-state index is 11.4. The Labute approximate surface area is 116 Å². The molecule has 1 aliphatic carbocycles. The number of carbonyl (C=O) groups excluding carboxylic acids is 1. The molecule has 0 N–H and O–H groups in total. The number of rotatable bonds is 5. The van der Waals surface area contributed by atoms with Crippen LogP contribution in [0.15, 0.2) is 0 Å². The molecule has 1 fully saturated rings. The Morgan fingerprint density at radius 2 is 2.00 bits per heavy atom. The zero-order chi connectivity index (χ0) is 12.0. The number of ether oxygens (including phenoxy) is 1. The summed E-state index contributed by atoms with van der Waals surface area (Å²) in [6.45, 7) is 2.29. The molecule has 4 heteroatoms. The van der Waals surface area contributed by atoms with Crippen molar-refractivity contribution in [3.63, 3.8) is 0 Å². The Bertz CT molecular complexity index is 213. The summed E-state index contributed by atoms with van der Waals surface area (Å²) in [4.78, 5) is 11.4. The van der Waals surface area contributed by atoms with Crippen molar-refractivity contribution < 1.29 is 9.53 Å². The molecule has 0 aromatic heterocycles. The van der Waals surface area contributed by atoms with Crippen LogP contribution < -0.4 is 0 Å². The van der Waals surface area contributed by atoms with Crippen molar-refractivity contribution in [2.75, 3.05) is 16.0 Å². The predicted octanol–water partition coefficient (Wildman–Crippen LogP) is 4.23. The Kier molecular flexibility index (Phi) is 7.59. The van der Waals surface area contributed by atoms with Crippen molar-refractivity contribution >= 4 is 40.4 Å². The van der Waals surface area contributed by atoms with E-state index in [9.17, 15) is 4.79 Å². The second-order valence-corrected chi connectivity index (χ2v) is 16.4.